The molecule has 1 spiro atoms. The summed E-state index contributed by atoms with van der Waals surface area (Å²) in [5.74, 6) is -0.487. The summed E-state index contributed by atoms with van der Waals surface area (Å²) in [5, 5.41) is 12.6. The van der Waals surface area contributed by atoms with Gasteiger partial charge in [-0.25, -0.2) is 0 Å². The van der Waals surface area contributed by atoms with Crippen molar-refractivity contribution < 1.29 is 28.8 Å². The molecule has 8 heteroatoms. The highest BCUT2D eigenvalue weighted by atomic mass is 16.7. The molecule has 0 aliphatic carbocycles. The number of piperidine rings is 1. The Kier molecular flexibility index (Phi) is 9.76. The fourth-order valence-corrected chi connectivity index (χ4v) is 6.75. The second kappa shape index (κ2) is 14.5. The molecule has 3 aliphatic rings. The third kappa shape index (κ3) is 7.65. The van der Waals surface area contributed by atoms with E-state index in [9.17, 15) is 9.90 Å². The molecular weight excluding hydrogens is 592 g/mol. The molecule has 0 radical (unpaired) electrons. The van der Waals surface area contributed by atoms with Gasteiger partial charge in [-0.1, -0.05) is 84.9 Å². The van der Waals surface area contributed by atoms with Gasteiger partial charge in [0.15, 0.2) is 12.1 Å². The maximum atomic E-state index is 12.5. The first-order chi connectivity index (χ1) is 23.1. The predicted octanol–water partition coefficient (Wildman–Crippen LogP) is 6.16. The molecule has 0 saturated carbocycles. The van der Waals surface area contributed by atoms with E-state index in [1.807, 2.05) is 66.7 Å². The summed E-state index contributed by atoms with van der Waals surface area (Å²) in [4.78, 5) is 15.0. The molecule has 47 heavy (non-hydrogen) atoms. The van der Waals surface area contributed by atoms with E-state index in [4.69, 9.17) is 18.9 Å². The molecule has 0 aromatic heterocycles. The van der Waals surface area contributed by atoms with Crippen molar-refractivity contribution >= 4 is 5.91 Å². The number of carbonyl (C=O) groups is 1. The molecule has 0 unspecified atom stereocenters. The highest BCUT2D eigenvalue weighted by molar-refractivity contribution is 5.94. The normalized spacial score (nSPS) is 22.7. The lowest BCUT2D eigenvalue weighted by atomic mass is 9.98. The molecule has 2 N–H and O–H groups in total. The Morgan fingerprint density at radius 1 is 0.787 bits per heavy atom. The molecular formula is C39H42N2O6. The van der Waals surface area contributed by atoms with Crippen molar-refractivity contribution in [3.63, 3.8) is 0 Å². The van der Waals surface area contributed by atoms with E-state index in [1.54, 1.807) is 0 Å². The Morgan fingerprint density at radius 3 is 2.23 bits per heavy atom. The summed E-state index contributed by atoms with van der Waals surface area (Å²) in [7, 11) is 0. The zero-order valence-corrected chi connectivity index (χ0v) is 26.6. The van der Waals surface area contributed by atoms with Gasteiger partial charge in [0, 0.05) is 56.6 Å². The summed E-state index contributed by atoms with van der Waals surface area (Å²) < 4.78 is 25.1. The topological polar surface area (TPSA) is 89.5 Å². The van der Waals surface area contributed by atoms with Crippen LogP contribution in [-0.2, 0) is 32.1 Å². The number of aliphatic hydroxyl groups excluding tert-OH is 1. The highest BCUT2D eigenvalue weighted by Crippen LogP contribution is 2.39. The van der Waals surface area contributed by atoms with Crippen molar-refractivity contribution in [1.29, 1.82) is 0 Å². The molecule has 3 aliphatic heterocycles. The van der Waals surface area contributed by atoms with Crippen LogP contribution in [0.5, 0.6) is 0 Å². The quantitative estimate of drug-likeness (QED) is 0.228. The number of carbonyl (C=O) groups excluding carboxylic acids is 1. The van der Waals surface area contributed by atoms with Crippen LogP contribution in [0, 0.1) is 0 Å². The van der Waals surface area contributed by atoms with Gasteiger partial charge in [-0.15, -0.1) is 0 Å². The van der Waals surface area contributed by atoms with E-state index in [0.717, 1.165) is 72.3 Å². The number of hydrogen-bond acceptors (Lipinski definition) is 7. The minimum Gasteiger partial charge on any atom is -0.392 e. The lowest BCUT2D eigenvalue weighted by Crippen LogP contribution is -2.48. The maximum absolute atomic E-state index is 12.5. The van der Waals surface area contributed by atoms with Gasteiger partial charge in [0.2, 0.25) is 0 Å². The van der Waals surface area contributed by atoms with Crippen LogP contribution in [0.25, 0.3) is 11.1 Å². The molecule has 1 amide bonds. The summed E-state index contributed by atoms with van der Waals surface area (Å²) in [5.41, 5.74) is 6.76. The van der Waals surface area contributed by atoms with E-state index in [1.165, 1.54) is 0 Å². The van der Waals surface area contributed by atoms with Gasteiger partial charge in [-0.3, -0.25) is 4.79 Å². The number of rotatable bonds is 9. The van der Waals surface area contributed by atoms with Crippen molar-refractivity contribution in [3.05, 3.63) is 131 Å². The van der Waals surface area contributed by atoms with Gasteiger partial charge in [0.1, 0.15) is 0 Å². The lowest BCUT2D eigenvalue weighted by molar-refractivity contribution is -0.255. The first kappa shape index (κ1) is 31.7. The predicted molar refractivity (Wildman–Crippen MR) is 178 cm³/mol. The summed E-state index contributed by atoms with van der Waals surface area (Å²) in [6, 6.07) is 33.9. The maximum Gasteiger partial charge on any atom is 0.251 e. The van der Waals surface area contributed by atoms with E-state index in [-0.39, 0.29) is 24.7 Å². The number of nitrogens with zero attached hydrogens (tertiary/aromatic N) is 1. The molecule has 3 atom stereocenters. The number of benzene rings is 4. The second-order valence-corrected chi connectivity index (χ2v) is 12.6. The molecule has 3 heterocycles. The number of ether oxygens (including phenoxy) is 4. The van der Waals surface area contributed by atoms with Gasteiger partial charge in [-0.2, -0.15) is 0 Å². The van der Waals surface area contributed by atoms with Crippen LogP contribution in [0.4, 0.5) is 0 Å². The van der Waals surface area contributed by atoms with Gasteiger partial charge in [0.05, 0.1) is 32.0 Å². The van der Waals surface area contributed by atoms with E-state index in [0.29, 0.717) is 25.3 Å². The smallest absolute Gasteiger partial charge is 0.251 e. The zero-order chi connectivity index (χ0) is 32.1. The summed E-state index contributed by atoms with van der Waals surface area (Å²) >= 11 is 0. The molecule has 244 valence electrons. The average molecular weight is 635 g/mol. The van der Waals surface area contributed by atoms with Gasteiger partial charge >= 0.3 is 0 Å². The SMILES string of the molecule is O=C(NCc1cccc(-c2ccc([C@@H]3O[C@H](CN4CCC5(CC4)OCCO5)C[C@H](c4ccc(CO)cc4)O3)cc2)c1)c1ccccc1. The standard InChI is InChI=1S/C39H42N2O6/c42-27-28-9-11-31(12-10-28)36-24-35(26-41-19-17-39(18-20-41)44-21-22-45-39)46-38(47-36)33-15-13-30(14-16-33)34-8-4-5-29(23-34)25-40-37(43)32-6-2-1-3-7-32/h1-16,23,35-36,38,42H,17-22,24-27H2,(H,40,43)/t35-,36+,38+/m0/s1. The number of amides is 1. The van der Waals surface area contributed by atoms with Crippen molar-refractivity contribution in [2.24, 2.45) is 0 Å². The van der Waals surface area contributed by atoms with Crippen molar-refractivity contribution in [2.75, 3.05) is 32.8 Å². The fraction of sp³-hybridized carbons (Fsp3) is 0.359. The number of likely N-dealkylation sites (tertiary alicyclic amines) is 1. The fourth-order valence-electron chi connectivity index (χ4n) is 6.75. The van der Waals surface area contributed by atoms with Gasteiger partial charge in [0.25, 0.3) is 5.91 Å². The zero-order valence-electron chi connectivity index (χ0n) is 26.6. The first-order valence-electron chi connectivity index (χ1n) is 16.6. The van der Waals surface area contributed by atoms with Crippen LogP contribution in [0.2, 0.25) is 0 Å². The van der Waals surface area contributed by atoms with Crippen molar-refractivity contribution in [3.8, 4) is 11.1 Å². The average Bonchev–Trinajstić information content (AvgIpc) is 3.60. The Balaban J connectivity index is 1.03. The van der Waals surface area contributed by atoms with Gasteiger partial charge in [-0.05, 0) is 46.0 Å². The summed E-state index contributed by atoms with van der Waals surface area (Å²) in [6.07, 6.45) is 1.82. The monoisotopic (exact) mass is 634 g/mol. The minimum absolute atomic E-state index is 0.0155. The van der Waals surface area contributed by atoms with Crippen LogP contribution in [0.1, 0.15) is 64.3 Å². The third-order valence-corrected chi connectivity index (χ3v) is 9.44. The number of nitrogens with one attached hydrogen (secondary N) is 1. The van der Waals surface area contributed by atoms with Crippen LogP contribution < -0.4 is 5.32 Å². The first-order valence-corrected chi connectivity index (χ1v) is 16.6. The Bertz CT molecular complexity index is 1610. The summed E-state index contributed by atoms with van der Waals surface area (Å²) in [6.45, 7) is 4.45. The van der Waals surface area contributed by atoms with Crippen molar-refractivity contribution in [2.45, 2.75) is 56.7 Å². The Labute approximate surface area is 276 Å². The Morgan fingerprint density at radius 2 is 1.51 bits per heavy atom. The molecule has 0 bridgehead atoms. The van der Waals surface area contributed by atoms with E-state index < -0.39 is 12.1 Å². The molecule has 7 rings (SSSR count). The van der Waals surface area contributed by atoms with Gasteiger partial charge < -0.3 is 34.3 Å². The lowest BCUT2D eigenvalue weighted by Gasteiger charge is -2.41. The van der Waals surface area contributed by atoms with Crippen LogP contribution in [-0.4, -0.2) is 60.7 Å². The molecule has 8 nitrogen and oxygen atoms in total. The number of aliphatic hydroxyl groups is 1. The Hall–Kier alpha value is -3.89. The van der Waals surface area contributed by atoms with E-state index in [2.05, 4.69) is 46.6 Å². The molecule has 3 saturated heterocycles. The minimum atomic E-state index is -0.512. The molecule has 3 fully saturated rings. The third-order valence-electron chi connectivity index (χ3n) is 9.44. The van der Waals surface area contributed by atoms with Crippen molar-refractivity contribution in [1.82, 2.24) is 10.2 Å². The molecule has 4 aromatic rings. The molecule has 4 aromatic carbocycles. The second-order valence-electron chi connectivity index (χ2n) is 12.6. The highest BCUT2D eigenvalue weighted by Gasteiger charge is 2.41. The van der Waals surface area contributed by atoms with Crippen LogP contribution in [0.3, 0.4) is 0 Å². The van der Waals surface area contributed by atoms with Crippen LogP contribution >= 0.6 is 0 Å². The van der Waals surface area contributed by atoms with Crippen LogP contribution in [0.15, 0.2) is 103 Å². The van der Waals surface area contributed by atoms with E-state index >= 15 is 0 Å². The number of hydrogen-bond donors (Lipinski definition) is 2. The largest absolute Gasteiger partial charge is 0.392 e.